The van der Waals surface area contributed by atoms with Crippen LogP contribution in [-0.4, -0.2) is 84.5 Å². The van der Waals surface area contributed by atoms with Gasteiger partial charge in [-0.05, 0) is 67.1 Å². The zero-order valence-corrected chi connectivity index (χ0v) is 33.0. The highest BCUT2D eigenvalue weighted by Gasteiger charge is 2.26. The molecule has 0 radical (unpaired) electrons. The number of aryl methyl sites for hydroxylation is 1. The first-order valence-corrected chi connectivity index (χ1v) is 21.8. The van der Waals surface area contributed by atoms with Crippen LogP contribution in [0.4, 0.5) is 62.0 Å². The largest absolute Gasteiger partial charge is 0.397 e. The van der Waals surface area contributed by atoms with Crippen LogP contribution in [0.25, 0.3) is 0 Å². The molecule has 0 amide bonds. The van der Waals surface area contributed by atoms with Gasteiger partial charge < -0.3 is 21.3 Å². The SMILES string of the molecule is Cc1cc(Nc2nc(Nc3cccc(S(=O)(=O)CCOS(=O)(=O)O)c3)nc(Nc3cc(Nc4cc(F)c([N+](=O)[O-])cc4[N+](=O)[O-])ccc3S(=O)(=O)O)n2)ccc1S(=O)(=O)O. The lowest BCUT2D eigenvalue weighted by atomic mass is 10.2. The third kappa shape index (κ3) is 11.3. The van der Waals surface area contributed by atoms with Crippen molar-refractivity contribution in [1.29, 1.82) is 0 Å². The Morgan fingerprint density at radius 1 is 0.650 bits per heavy atom. The van der Waals surface area contributed by atoms with Crippen LogP contribution in [0, 0.1) is 33.0 Å². The Kier molecular flexibility index (Phi) is 12.6. The summed E-state index contributed by atoms with van der Waals surface area (Å²) in [4.78, 5) is 31.5. The second-order valence-electron chi connectivity index (χ2n) is 11.9. The van der Waals surface area contributed by atoms with E-state index >= 15 is 0 Å². The van der Waals surface area contributed by atoms with Crippen molar-refractivity contribution in [1.82, 2.24) is 15.0 Å². The summed E-state index contributed by atoms with van der Waals surface area (Å²) < 4.78 is 143. The van der Waals surface area contributed by atoms with E-state index in [4.69, 9.17) is 4.55 Å². The van der Waals surface area contributed by atoms with Gasteiger partial charge in [0.25, 0.3) is 25.9 Å². The molecule has 318 valence electrons. The standard InChI is InChI=1S/C30H26FN9O16S4/c1-16-11-18(5-7-26(16)58(47,48)49)34-29-36-28(33-17-3-2-4-20(12-17)57(45,46)10-9-56-60(53,54)55)37-30(38-29)35-23-13-19(6-8-27(23)59(50,51)52)32-22-14-21(31)24(39(41)42)15-25(22)40(43)44/h2-8,11-15,32H,9-10H2,1H3,(H,47,48,49)(H,50,51,52)(H,53,54,55)(H3,33,34,35,36,37,38). The lowest BCUT2D eigenvalue weighted by Crippen LogP contribution is -2.15. The molecule has 7 N–H and O–H groups in total. The van der Waals surface area contributed by atoms with Crippen molar-refractivity contribution in [2.24, 2.45) is 0 Å². The van der Waals surface area contributed by atoms with E-state index in [0.29, 0.717) is 12.1 Å². The van der Waals surface area contributed by atoms with Gasteiger partial charge in [-0.1, -0.05) is 6.07 Å². The van der Waals surface area contributed by atoms with Crippen molar-refractivity contribution in [2.75, 3.05) is 33.6 Å². The molecule has 1 aromatic heterocycles. The number of anilines is 8. The van der Waals surface area contributed by atoms with Crippen molar-refractivity contribution >= 4 is 98.1 Å². The Morgan fingerprint density at radius 2 is 1.18 bits per heavy atom. The highest BCUT2D eigenvalue weighted by atomic mass is 32.3. The Bertz CT molecular complexity index is 3010. The minimum Gasteiger partial charge on any atom is -0.350 e. The molecule has 0 unspecified atom stereocenters. The molecule has 0 aliphatic heterocycles. The van der Waals surface area contributed by atoms with E-state index < -0.39 is 113 Å². The fourth-order valence-electron chi connectivity index (χ4n) is 5.10. The lowest BCUT2D eigenvalue weighted by molar-refractivity contribution is -0.395. The third-order valence-corrected chi connectivity index (χ3v) is 11.7. The van der Waals surface area contributed by atoms with E-state index in [9.17, 15) is 67.4 Å². The fraction of sp³-hybridized carbons (Fsp3) is 0.100. The topological polar surface area (TPSA) is 380 Å². The molecule has 5 aromatic rings. The van der Waals surface area contributed by atoms with Gasteiger partial charge in [0.05, 0.1) is 43.8 Å². The molecule has 0 saturated heterocycles. The summed E-state index contributed by atoms with van der Waals surface area (Å²) in [6.45, 7) is 0.431. The molecule has 0 aliphatic rings. The van der Waals surface area contributed by atoms with Crippen LogP contribution < -0.4 is 21.3 Å². The van der Waals surface area contributed by atoms with E-state index in [1.807, 2.05) is 0 Å². The molecule has 4 aromatic carbocycles. The predicted molar refractivity (Wildman–Crippen MR) is 206 cm³/mol. The number of nitrogens with one attached hydrogen (secondary N) is 4. The van der Waals surface area contributed by atoms with Gasteiger partial charge in [-0.25, -0.2) is 12.6 Å². The van der Waals surface area contributed by atoms with Crippen molar-refractivity contribution < 1.29 is 65.7 Å². The summed E-state index contributed by atoms with van der Waals surface area (Å²) in [5.41, 5.74) is -3.28. The maximum Gasteiger partial charge on any atom is 0.397 e. The molecule has 60 heavy (non-hydrogen) atoms. The number of aromatic nitrogens is 3. The van der Waals surface area contributed by atoms with E-state index in [1.54, 1.807) is 0 Å². The van der Waals surface area contributed by atoms with Gasteiger partial charge in [-0.2, -0.15) is 44.6 Å². The van der Waals surface area contributed by atoms with Crippen LogP contribution in [0.1, 0.15) is 5.56 Å². The summed E-state index contributed by atoms with van der Waals surface area (Å²) in [5.74, 6) is -3.62. The molecule has 0 fully saturated rings. The van der Waals surface area contributed by atoms with Crippen molar-refractivity contribution in [2.45, 2.75) is 21.6 Å². The summed E-state index contributed by atoms with van der Waals surface area (Å²) in [6, 6.07) is 12.0. The van der Waals surface area contributed by atoms with Gasteiger partial charge in [0.2, 0.25) is 23.7 Å². The van der Waals surface area contributed by atoms with Crippen LogP contribution in [0.15, 0.2) is 87.5 Å². The maximum atomic E-state index is 14.5. The number of benzene rings is 4. The van der Waals surface area contributed by atoms with Gasteiger partial charge in [-0.15, -0.1) is 0 Å². The first-order chi connectivity index (χ1) is 27.8. The Hall–Kier alpha value is -6.54. The molecule has 0 bridgehead atoms. The summed E-state index contributed by atoms with van der Waals surface area (Å²) in [7, 11) is -18.9. The molecule has 25 nitrogen and oxygen atoms in total. The number of nitrogens with zero attached hydrogens (tertiary/aromatic N) is 5. The molecule has 1 heterocycles. The molecule has 0 saturated carbocycles. The third-order valence-electron chi connectivity index (χ3n) is 7.62. The van der Waals surface area contributed by atoms with Crippen LogP contribution in [0.3, 0.4) is 0 Å². The summed E-state index contributed by atoms with van der Waals surface area (Å²) in [6.07, 6.45) is 0. The Balaban J connectivity index is 1.57. The summed E-state index contributed by atoms with van der Waals surface area (Å²) in [5, 5.41) is 33.3. The molecule has 0 atom stereocenters. The van der Waals surface area contributed by atoms with E-state index in [0.717, 1.165) is 36.4 Å². The first-order valence-electron chi connectivity index (χ1n) is 15.9. The average Bonchev–Trinajstić information content (AvgIpc) is 3.10. The smallest absolute Gasteiger partial charge is 0.350 e. The number of sulfone groups is 1. The average molecular weight is 916 g/mol. The molecule has 30 heteroatoms. The minimum absolute atomic E-state index is 0.00929. The normalized spacial score (nSPS) is 12.1. The number of nitro groups is 2. The Labute approximate surface area is 337 Å². The number of halogens is 1. The maximum absolute atomic E-state index is 14.5. The molecule has 0 spiro atoms. The van der Waals surface area contributed by atoms with Crippen LogP contribution in [-0.2, 0) is 44.7 Å². The Morgan fingerprint density at radius 3 is 1.72 bits per heavy atom. The van der Waals surface area contributed by atoms with E-state index in [1.165, 1.54) is 31.2 Å². The summed E-state index contributed by atoms with van der Waals surface area (Å²) >= 11 is 0. The molecular weight excluding hydrogens is 890 g/mol. The van der Waals surface area contributed by atoms with Crippen molar-refractivity contribution in [3.63, 3.8) is 0 Å². The second-order valence-corrected chi connectivity index (χ2v) is 17.9. The lowest BCUT2D eigenvalue weighted by Gasteiger charge is -2.15. The van der Waals surface area contributed by atoms with Gasteiger partial charge in [0.1, 0.15) is 10.6 Å². The highest BCUT2D eigenvalue weighted by Crippen LogP contribution is 2.36. The van der Waals surface area contributed by atoms with Crippen molar-refractivity contribution in [3.05, 3.63) is 104 Å². The quantitative estimate of drug-likeness (QED) is 0.0390. The van der Waals surface area contributed by atoms with Gasteiger partial charge >= 0.3 is 16.1 Å². The predicted octanol–water partition coefficient (Wildman–Crippen LogP) is 4.20. The van der Waals surface area contributed by atoms with Crippen LogP contribution in [0.5, 0.6) is 0 Å². The monoisotopic (exact) mass is 915 g/mol. The van der Waals surface area contributed by atoms with Crippen LogP contribution in [0.2, 0.25) is 0 Å². The highest BCUT2D eigenvalue weighted by molar-refractivity contribution is 7.91. The zero-order valence-electron chi connectivity index (χ0n) is 29.7. The van der Waals surface area contributed by atoms with Crippen LogP contribution >= 0.6 is 0 Å². The number of hydrogen-bond donors (Lipinski definition) is 7. The van der Waals surface area contributed by atoms with Crippen molar-refractivity contribution in [3.8, 4) is 0 Å². The van der Waals surface area contributed by atoms with Gasteiger partial charge in [0, 0.05) is 23.1 Å². The number of hydrogen-bond acceptors (Lipinski definition) is 20. The number of rotatable bonds is 17. The van der Waals surface area contributed by atoms with Gasteiger partial charge in [0.15, 0.2) is 9.84 Å². The molecular formula is C30H26FN9O16S4. The molecule has 0 aliphatic carbocycles. The van der Waals surface area contributed by atoms with Gasteiger partial charge in [-0.3, -0.25) is 33.9 Å². The second kappa shape index (κ2) is 17.0. The zero-order chi connectivity index (χ0) is 44.4. The minimum atomic E-state index is -5.08. The molecule has 5 rings (SSSR count). The fourth-order valence-corrected chi connectivity index (χ4v) is 7.96. The van der Waals surface area contributed by atoms with E-state index in [-0.39, 0.29) is 33.5 Å². The number of nitro benzene ring substituents is 2. The first kappa shape index (κ1) is 44.6. The van der Waals surface area contributed by atoms with E-state index in [2.05, 4.69) is 40.4 Å².